The van der Waals surface area contributed by atoms with E-state index in [0.717, 1.165) is 22.9 Å². The van der Waals surface area contributed by atoms with Crippen LogP contribution in [-0.4, -0.2) is 44.2 Å². The Hall–Kier alpha value is -1.60. The van der Waals surface area contributed by atoms with Crippen LogP contribution in [0.15, 0.2) is 27.8 Å². The number of oxime groups is 1. The van der Waals surface area contributed by atoms with Crippen molar-refractivity contribution in [2.45, 2.75) is 45.8 Å². The summed E-state index contributed by atoms with van der Waals surface area (Å²) in [5.74, 6) is 0.0946. The van der Waals surface area contributed by atoms with Crippen molar-refractivity contribution in [3.05, 3.63) is 28.2 Å². The van der Waals surface area contributed by atoms with Gasteiger partial charge in [-0.05, 0) is 24.6 Å². The van der Waals surface area contributed by atoms with Crippen LogP contribution in [0.2, 0.25) is 0 Å². The Morgan fingerprint density at radius 2 is 2.19 bits per heavy atom. The third kappa shape index (κ3) is 5.20. The van der Waals surface area contributed by atoms with E-state index in [4.69, 9.17) is 19.0 Å². The maximum Gasteiger partial charge on any atom is 0.347 e. The van der Waals surface area contributed by atoms with E-state index in [1.807, 2.05) is 32.0 Å². The van der Waals surface area contributed by atoms with Crippen LogP contribution in [0.3, 0.4) is 0 Å². The third-order valence-electron chi connectivity index (χ3n) is 4.02. The van der Waals surface area contributed by atoms with Gasteiger partial charge in [-0.1, -0.05) is 48.3 Å². The van der Waals surface area contributed by atoms with Crippen molar-refractivity contribution >= 4 is 27.6 Å². The molecule has 0 saturated heterocycles. The Kier molecular flexibility index (Phi) is 7.90. The van der Waals surface area contributed by atoms with E-state index >= 15 is 0 Å². The van der Waals surface area contributed by atoms with Crippen molar-refractivity contribution in [3.8, 4) is 5.75 Å². The first-order chi connectivity index (χ1) is 12.5. The minimum absolute atomic E-state index is 0.0442. The first-order valence-electron chi connectivity index (χ1n) is 8.83. The molecule has 0 aromatic heterocycles. The molecule has 26 heavy (non-hydrogen) atoms. The van der Waals surface area contributed by atoms with E-state index in [0.29, 0.717) is 24.7 Å². The topological polar surface area (TPSA) is 66.3 Å². The second-order valence-electron chi connectivity index (χ2n) is 6.43. The highest BCUT2D eigenvalue weighted by molar-refractivity contribution is 9.10. The molecule has 0 aliphatic carbocycles. The average molecular weight is 428 g/mol. The summed E-state index contributed by atoms with van der Waals surface area (Å²) in [5, 5.41) is 4.16. The highest BCUT2D eigenvalue weighted by atomic mass is 79.9. The Bertz CT molecular complexity index is 647. The van der Waals surface area contributed by atoms with Gasteiger partial charge in [0.25, 0.3) is 0 Å². The number of rotatable bonds is 9. The lowest BCUT2D eigenvalue weighted by molar-refractivity contribution is -0.150. The predicted molar refractivity (Wildman–Crippen MR) is 103 cm³/mol. The van der Waals surface area contributed by atoms with Gasteiger partial charge in [-0.25, -0.2) is 4.79 Å². The van der Waals surface area contributed by atoms with Crippen LogP contribution < -0.4 is 4.74 Å². The van der Waals surface area contributed by atoms with E-state index in [1.165, 1.54) is 7.11 Å². The van der Waals surface area contributed by atoms with Gasteiger partial charge in [0, 0.05) is 22.6 Å². The first kappa shape index (κ1) is 20.7. The van der Waals surface area contributed by atoms with Crippen molar-refractivity contribution in [1.29, 1.82) is 0 Å². The number of hydrogen-bond donors (Lipinski definition) is 0. The number of methoxy groups -OCH3 is 1. The number of halogens is 1. The average Bonchev–Trinajstić information content (AvgIpc) is 3.08. The largest absolute Gasteiger partial charge is 0.478 e. The van der Waals surface area contributed by atoms with E-state index in [2.05, 4.69) is 28.0 Å². The number of esters is 1. The molecular formula is C19H26BrNO5. The molecule has 1 unspecified atom stereocenters. The monoisotopic (exact) mass is 427 g/mol. The van der Waals surface area contributed by atoms with Crippen LogP contribution in [-0.2, 0) is 19.1 Å². The zero-order valence-corrected chi connectivity index (χ0v) is 17.2. The van der Waals surface area contributed by atoms with E-state index in [1.54, 1.807) is 0 Å². The number of hydrogen-bond acceptors (Lipinski definition) is 6. The van der Waals surface area contributed by atoms with Gasteiger partial charge in [-0.3, -0.25) is 0 Å². The second-order valence-corrected chi connectivity index (χ2v) is 7.35. The molecule has 2 rings (SSSR count). The second kappa shape index (κ2) is 9.92. The number of benzene rings is 1. The number of ether oxygens (including phenoxy) is 3. The van der Waals surface area contributed by atoms with Crippen molar-refractivity contribution in [2.24, 2.45) is 11.1 Å². The highest BCUT2D eigenvalue weighted by Crippen LogP contribution is 2.29. The van der Waals surface area contributed by atoms with Gasteiger partial charge >= 0.3 is 5.97 Å². The molecule has 0 radical (unpaired) electrons. The molecule has 1 aliphatic heterocycles. The van der Waals surface area contributed by atoms with Gasteiger partial charge in [0.05, 0.1) is 7.11 Å². The van der Waals surface area contributed by atoms with Crippen LogP contribution in [0.25, 0.3) is 0 Å². The lowest BCUT2D eigenvalue weighted by Gasteiger charge is -2.22. The lowest BCUT2D eigenvalue weighted by atomic mass is 10.0. The molecule has 1 heterocycles. The summed E-state index contributed by atoms with van der Waals surface area (Å²) in [6.07, 6.45) is 1.07. The summed E-state index contributed by atoms with van der Waals surface area (Å²) in [4.78, 5) is 17.3. The molecule has 7 heteroatoms. The predicted octanol–water partition coefficient (Wildman–Crippen LogP) is 3.95. The fraction of sp³-hybridized carbons (Fsp3) is 0.579. The van der Waals surface area contributed by atoms with Gasteiger partial charge in [0.1, 0.15) is 24.2 Å². The van der Waals surface area contributed by atoms with Gasteiger partial charge in [0.15, 0.2) is 6.10 Å². The van der Waals surface area contributed by atoms with Crippen LogP contribution in [0, 0.1) is 5.92 Å². The number of unbranched alkanes of at least 4 members (excludes halogenated alkanes) is 1. The standard InChI is InChI=1S/C19H26BrNO5/c1-5-6-9-24-16-11-25-21-17(16)14-10-13(20)7-8-15(14)26-18(12(2)3)19(22)23-4/h7-8,10,12,16,18H,5-6,9,11H2,1-4H3/t16?,18-/m0/s1. The highest BCUT2D eigenvalue weighted by Gasteiger charge is 2.31. The minimum atomic E-state index is -0.706. The Balaban J connectivity index is 2.28. The lowest BCUT2D eigenvalue weighted by Crippen LogP contribution is -2.34. The summed E-state index contributed by atoms with van der Waals surface area (Å²) in [6.45, 7) is 6.95. The molecule has 1 aliphatic rings. The van der Waals surface area contributed by atoms with Crippen molar-refractivity contribution in [3.63, 3.8) is 0 Å². The fourth-order valence-corrected chi connectivity index (χ4v) is 2.91. The zero-order chi connectivity index (χ0) is 19.1. The summed E-state index contributed by atoms with van der Waals surface area (Å²) in [5.41, 5.74) is 1.41. The maximum atomic E-state index is 12.1. The Morgan fingerprint density at radius 1 is 1.42 bits per heavy atom. The van der Waals surface area contributed by atoms with Gasteiger partial charge in [-0.15, -0.1) is 0 Å². The molecule has 0 bridgehead atoms. The molecule has 0 spiro atoms. The molecule has 1 aromatic carbocycles. The van der Waals surface area contributed by atoms with Crippen molar-refractivity contribution in [1.82, 2.24) is 0 Å². The van der Waals surface area contributed by atoms with Crippen LogP contribution in [0.1, 0.15) is 39.2 Å². The van der Waals surface area contributed by atoms with Gasteiger partial charge in [0.2, 0.25) is 0 Å². The minimum Gasteiger partial charge on any atom is -0.478 e. The Morgan fingerprint density at radius 3 is 2.85 bits per heavy atom. The van der Waals surface area contributed by atoms with Gasteiger partial charge in [-0.2, -0.15) is 0 Å². The molecule has 144 valence electrons. The van der Waals surface area contributed by atoms with Crippen LogP contribution in [0.4, 0.5) is 0 Å². The third-order valence-corrected chi connectivity index (χ3v) is 4.51. The van der Waals surface area contributed by atoms with Crippen LogP contribution in [0.5, 0.6) is 5.75 Å². The first-order valence-corrected chi connectivity index (χ1v) is 9.63. The molecular weight excluding hydrogens is 402 g/mol. The fourth-order valence-electron chi connectivity index (χ4n) is 2.55. The SMILES string of the molecule is CCCCOC1CON=C1c1cc(Br)ccc1O[C@H](C(=O)OC)C(C)C. The molecule has 0 fully saturated rings. The molecule has 0 amide bonds. The maximum absolute atomic E-state index is 12.1. The molecule has 0 N–H and O–H groups in total. The van der Waals surface area contributed by atoms with Crippen molar-refractivity contribution in [2.75, 3.05) is 20.3 Å². The normalized spacial score (nSPS) is 17.6. The number of carbonyl (C=O) groups is 1. The number of carbonyl (C=O) groups excluding carboxylic acids is 1. The van der Waals surface area contributed by atoms with Crippen LogP contribution >= 0.6 is 15.9 Å². The molecule has 2 atom stereocenters. The summed E-state index contributed by atoms with van der Waals surface area (Å²) in [6, 6.07) is 5.56. The van der Waals surface area contributed by atoms with E-state index in [-0.39, 0.29) is 12.0 Å². The van der Waals surface area contributed by atoms with Gasteiger partial charge < -0.3 is 19.0 Å². The van der Waals surface area contributed by atoms with E-state index in [9.17, 15) is 4.79 Å². The summed E-state index contributed by atoms with van der Waals surface area (Å²) >= 11 is 3.48. The summed E-state index contributed by atoms with van der Waals surface area (Å²) < 4.78 is 17.7. The van der Waals surface area contributed by atoms with E-state index < -0.39 is 12.1 Å². The smallest absolute Gasteiger partial charge is 0.347 e. The molecule has 0 saturated carbocycles. The number of nitrogens with zero attached hydrogens (tertiary/aromatic N) is 1. The molecule has 1 aromatic rings. The summed E-state index contributed by atoms with van der Waals surface area (Å²) in [7, 11) is 1.36. The quantitative estimate of drug-likeness (QED) is 0.440. The Labute approximate surface area is 163 Å². The van der Waals surface area contributed by atoms with Crippen molar-refractivity contribution < 1.29 is 23.8 Å². The zero-order valence-electron chi connectivity index (χ0n) is 15.7. The molecule has 6 nitrogen and oxygen atoms in total.